The summed E-state index contributed by atoms with van der Waals surface area (Å²) in [6.45, 7) is 9.28. The number of oxazole rings is 1. The fraction of sp³-hybridized carbons (Fsp3) is 0.765. The molecule has 3 heterocycles. The third-order valence-electron chi connectivity index (χ3n) is 5.57. The van der Waals surface area contributed by atoms with Gasteiger partial charge in [0.25, 0.3) is 0 Å². The van der Waals surface area contributed by atoms with Crippen molar-refractivity contribution in [2.45, 2.75) is 58.0 Å². The van der Waals surface area contributed by atoms with Gasteiger partial charge < -0.3 is 9.32 Å². The van der Waals surface area contributed by atoms with Crippen molar-refractivity contribution in [2.75, 3.05) is 26.2 Å². The molecule has 6 nitrogen and oxygen atoms in total. The summed E-state index contributed by atoms with van der Waals surface area (Å²) in [5.41, 5.74) is -1.52. The van der Waals surface area contributed by atoms with E-state index in [-0.39, 0.29) is 0 Å². The third kappa shape index (κ3) is 3.11. The van der Waals surface area contributed by atoms with Crippen molar-refractivity contribution in [1.29, 1.82) is 0 Å². The highest BCUT2D eigenvalue weighted by atomic mass is 19.4. The van der Waals surface area contributed by atoms with Crippen LogP contribution in [0.3, 0.4) is 0 Å². The molecule has 2 aliphatic heterocycles. The van der Waals surface area contributed by atoms with E-state index in [1.165, 1.54) is 0 Å². The summed E-state index contributed by atoms with van der Waals surface area (Å²) in [7, 11) is 0. The summed E-state index contributed by atoms with van der Waals surface area (Å²) < 4.78 is 44.5. The first-order chi connectivity index (χ1) is 11.8. The molecule has 26 heavy (non-hydrogen) atoms. The van der Waals surface area contributed by atoms with Gasteiger partial charge in [0.1, 0.15) is 18.3 Å². The van der Waals surface area contributed by atoms with Gasteiger partial charge >= 0.3 is 6.18 Å². The number of aryl methyl sites for hydroxylation is 1. The highest BCUT2D eigenvalue weighted by Crippen LogP contribution is 2.38. The molecule has 0 aromatic carbocycles. The van der Waals surface area contributed by atoms with Crippen LogP contribution in [0.1, 0.15) is 39.3 Å². The van der Waals surface area contributed by atoms with Crippen LogP contribution in [0.15, 0.2) is 10.6 Å². The first kappa shape index (κ1) is 19.2. The Morgan fingerprint density at radius 1 is 1.31 bits per heavy atom. The lowest BCUT2D eigenvalue weighted by molar-refractivity contribution is -0.169. The normalized spacial score (nSPS) is 25.0. The fourth-order valence-electron chi connectivity index (χ4n) is 3.99. The zero-order chi connectivity index (χ0) is 19.5. The monoisotopic (exact) mass is 374 g/mol. The zero-order valence-corrected chi connectivity index (χ0v) is 15.7. The summed E-state index contributed by atoms with van der Waals surface area (Å²) in [5.74, 6) is 0.762. The number of hydrogen-bond donors (Lipinski definition) is 0. The molecule has 0 radical (unpaired) electrons. The molecule has 0 saturated carbocycles. The summed E-state index contributed by atoms with van der Waals surface area (Å²) in [6, 6.07) is -0.601. The molecule has 0 N–H and O–H groups in total. The first-order valence-electron chi connectivity index (χ1n) is 8.67. The Morgan fingerprint density at radius 3 is 2.50 bits per heavy atom. The molecule has 2 aliphatic rings. The lowest BCUT2D eigenvalue weighted by Crippen LogP contribution is -2.61. The van der Waals surface area contributed by atoms with Gasteiger partial charge in [-0.25, -0.2) is 4.98 Å². The maximum Gasteiger partial charge on any atom is 0.406 e. The van der Waals surface area contributed by atoms with Crippen LogP contribution in [0.4, 0.5) is 13.2 Å². The molecule has 2 fully saturated rings. The molecule has 0 aliphatic carbocycles. The Morgan fingerprint density at radius 2 is 1.96 bits per heavy atom. The average Bonchev–Trinajstić information content (AvgIpc) is 3.03. The lowest BCUT2D eigenvalue weighted by Gasteiger charge is -2.46. The first-order valence-corrected chi connectivity index (χ1v) is 8.67. The number of alkyl halides is 3. The summed E-state index contributed by atoms with van der Waals surface area (Å²) >= 11 is 0. The highest BCUT2D eigenvalue weighted by Gasteiger charge is 2.56. The van der Waals surface area contributed by atoms with E-state index < -0.39 is 35.9 Å². The second-order valence-electron chi connectivity index (χ2n) is 8.02. The molecule has 1 aromatic heterocycles. The van der Waals surface area contributed by atoms with Gasteiger partial charge in [0.15, 0.2) is 0 Å². The van der Waals surface area contributed by atoms with Crippen molar-refractivity contribution in [3.05, 3.63) is 17.8 Å². The predicted octanol–water partition coefficient (Wildman–Crippen LogP) is 2.34. The molecule has 1 atom stereocenters. The quantitative estimate of drug-likeness (QED) is 0.813. The minimum absolute atomic E-state index is 0.338. The van der Waals surface area contributed by atoms with Gasteiger partial charge in [-0.1, -0.05) is 0 Å². The highest BCUT2D eigenvalue weighted by molar-refractivity contribution is 5.85. The molecule has 9 heteroatoms. The maximum absolute atomic E-state index is 12.9. The number of carbonyl (C=O) groups excluding carboxylic acids is 1. The van der Waals surface area contributed by atoms with Gasteiger partial charge in [-0.2, -0.15) is 13.2 Å². The largest absolute Gasteiger partial charge is 0.444 e. The number of nitrogens with zero attached hydrogens (tertiary/aromatic N) is 4. The topological polar surface area (TPSA) is 52.8 Å². The fourth-order valence-corrected chi connectivity index (χ4v) is 3.99. The lowest BCUT2D eigenvalue weighted by atomic mass is 9.99. The van der Waals surface area contributed by atoms with Crippen molar-refractivity contribution < 1.29 is 22.4 Å². The van der Waals surface area contributed by atoms with E-state index in [9.17, 15) is 18.0 Å². The van der Waals surface area contributed by atoms with Crippen molar-refractivity contribution in [3.8, 4) is 0 Å². The van der Waals surface area contributed by atoms with Gasteiger partial charge in [-0.05, 0) is 34.6 Å². The summed E-state index contributed by atoms with van der Waals surface area (Å²) in [4.78, 5) is 21.9. The average molecular weight is 374 g/mol. The van der Waals surface area contributed by atoms with E-state index in [0.717, 1.165) is 4.90 Å². The van der Waals surface area contributed by atoms with Crippen LogP contribution < -0.4 is 0 Å². The van der Waals surface area contributed by atoms with Crippen LogP contribution in [0, 0.1) is 6.92 Å². The molecular weight excluding hydrogens is 349 g/mol. The maximum atomic E-state index is 12.9. The van der Waals surface area contributed by atoms with Gasteiger partial charge in [0, 0.05) is 19.6 Å². The van der Waals surface area contributed by atoms with E-state index >= 15 is 0 Å². The second kappa shape index (κ2) is 5.95. The van der Waals surface area contributed by atoms with Gasteiger partial charge in [-0.15, -0.1) is 0 Å². The molecule has 3 rings (SSSR count). The zero-order valence-electron chi connectivity index (χ0n) is 15.7. The van der Waals surface area contributed by atoms with Gasteiger partial charge in [0.2, 0.25) is 11.8 Å². The van der Waals surface area contributed by atoms with E-state index in [2.05, 4.69) is 9.88 Å². The van der Waals surface area contributed by atoms with Crippen molar-refractivity contribution in [1.82, 2.24) is 19.7 Å². The Balaban J connectivity index is 1.83. The standard InChI is InChI=1S/C17H25F3N4O2/c1-11-8-21-14(26-11)15(2,3)22-6-7-23-12(9-22)13(25)24(16(23,4)5)10-17(18,19)20/h8,12H,6-7,9-10H2,1-5H3. The second-order valence-corrected chi connectivity index (χ2v) is 8.02. The number of hydrogen-bond acceptors (Lipinski definition) is 5. The molecule has 146 valence electrons. The Hall–Kier alpha value is -1.61. The molecule has 0 bridgehead atoms. The van der Waals surface area contributed by atoms with Gasteiger partial charge in [-0.3, -0.25) is 14.6 Å². The summed E-state index contributed by atoms with van der Waals surface area (Å²) in [6.07, 6.45) is -2.78. The number of rotatable bonds is 3. The Bertz CT molecular complexity index is 698. The number of carbonyl (C=O) groups is 1. The van der Waals surface area contributed by atoms with E-state index in [1.54, 1.807) is 20.0 Å². The van der Waals surface area contributed by atoms with Crippen LogP contribution in [0.25, 0.3) is 0 Å². The number of fused-ring (bicyclic) bond motifs is 1. The van der Waals surface area contributed by atoms with E-state index in [1.807, 2.05) is 25.7 Å². The van der Waals surface area contributed by atoms with Crippen molar-refractivity contribution >= 4 is 5.91 Å². The Kier molecular flexibility index (Phi) is 4.39. The third-order valence-corrected chi connectivity index (χ3v) is 5.57. The summed E-state index contributed by atoms with van der Waals surface area (Å²) in [5, 5.41) is 0. The van der Waals surface area contributed by atoms with Gasteiger partial charge in [0.05, 0.1) is 17.4 Å². The molecular formula is C17H25F3N4O2. The molecule has 0 spiro atoms. The van der Waals surface area contributed by atoms with Crippen LogP contribution in [0.5, 0.6) is 0 Å². The smallest absolute Gasteiger partial charge is 0.406 e. The van der Waals surface area contributed by atoms with E-state index in [0.29, 0.717) is 31.3 Å². The molecule has 1 aromatic rings. The minimum atomic E-state index is -4.42. The van der Waals surface area contributed by atoms with Crippen molar-refractivity contribution in [3.63, 3.8) is 0 Å². The molecule has 1 unspecified atom stereocenters. The van der Waals surface area contributed by atoms with E-state index in [4.69, 9.17) is 4.42 Å². The number of aromatic nitrogens is 1. The number of piperazine rings is 1. The van der Waals surface area contributed by atoms with Crippen LogP contribution in [-0.2, 0) is 10.3 Å². The Labute approximate surface area is 150 Å². The minimum Gasteiger partial charge on any atom is -0.444 e. The van der Waals surface area contributed by atoms with Crippen LogP contribution in [0.2, 0.25) is 0 Å². The predicted molar refractivity (Wildman–Crippen MR) is 88.2 cm³/mol. The molecule has 2 saturated heterocycles. The molecule has 1 amide bonds. The van der Waals surface area contributed by atoms with Crippen LogP contribution >= 0.6 is 0 Å². The number of halogens is 3. The SMILES string of the molecule is Cc1cnc(C(C)(C)N2CCN3C(C2)C(=O)N(CC(F)(F)F)C3(C)C)o1. The number of amides is 1. The van der Waals surface area contributed by atoms with Crippen molar-refractivity contribution in [2.24, 2.45) is 0 Å². The van der Waals surface area contributed by atoms with Crippen LogP contribution in [-0.4, -0.2) is 69.7 Å².